The molecule has 0 spiro atoms. The SMILES string of the molecule is N#Cc1ccc(-c2nn(C3CCCCCC3)cc2N)cc1. The van der Waals surface area contributed by atoms with E-state index < -0.39 is 0 Å². The molecule has 0 atom stereocenters. The van der Waals surface area contributed by atoms with Crippen LogP contribution in [0.15, 0.2) is 30.5 Å². The molecule has 4 heteroatoms. The van der Waals surface area contributed by atoms with Gasteiger partial charge in [0.15, 0.2) is 0 Å². The van der Waals surface area contributed by atoms with Gasteiger partial charge in [0.1, 0.15) is 5.69 Å². The first-order chi connectivity index (χ1) is 10.3. The maximum atomic E-state index is 8.86. The number of hydrogen-bond acceptors (Lipinski definition) is 3. The minimum Gasteiger partial charge on any atom is -0.396 e. The van der Waals surface area contributed by atoms with E-state index >= 15 is 0 Å². The first kappa shape index (κ1) is 13.7. The quantitative estimate of drug-likeness (QED) is 0.848. The Bertz CT molecular complexity index is 640. The van der Waals surface area contributed by atoms with Crippen molar-refractivity contribution in [3.8, 4) is 17.3 Å². The van der Waals surface area contributed by atoms with Gasteiger partial charge in [-0.3, -0.25) is 4.68 Å². The smallest absolute Gasteiger partial charge is 0.115 e. The van der Waals surface area contributed by atoms with E-state index in [4.69, 9.17) is 16.1 Å². The van der Waals surface area contributed by atoms with Gasteiger partial charge in [0.25, 0.3) is 0 Å². The first-order valence-corrected chi connectivity index (χ1v) is 7.63. The number of nitriles is 1. The monoisotopic (exact) mass is 280 g/mol. The lowest BCUT2D eigenvalue weighted by molar-refractivity contribution is 0.406. The Balaban J connectivity index is 1.87. The summed E-state index contributed by atoms with van der Waals surface area (Å²) < 4.78 is 2.05. The van der Waals surface area contributed by atoms with E-state index in [9.17, 15) is 0 Å². The number of rotatable bonds is 2. The van der Waals surface area contributed by atoms with Crippen molar-refractivity contribution >= 4 is 5.69 Å². The molecule has 1 fully saturated rings. The molecule has 0 unspecified atom stereocenters. The molecule has 2 aromatic rings. The minimum absolute atomic E-state index is 0.474. The number of nitrogens with two attached hydrogens (primary N) is 1. The van der Waals surface area contributed by atoms with Crippen LogP contribution in [0, 0.1) is 11.3 Å². The van der Waals surface area contributed by atoms with Gasteiger partial charge in [-0.25, -0.2) is 0 Å². The summed E-state index contributed by atoms with van der Waals surface area (Å²) in [5.41, 5.74) is 9.30. The number of nitrogens with zero attached hydrogens (tertiary/aromatic N) is 3. The van der Waals surface area contributed by atoms with Crippen molar-refractivity contribution in [2.75, 3.05) is 5.73 Å². The fourth-order valence-electron chi connectivity index (χ4n) is 3.04. The third-order valence-electron chi connectivity index (χ3n) is 4.25. The molecule has 1 aromatic heterocycles. The third-order valence-corrected chi connectivity index (χ3v) is 4.25. The van der Waals surface area contributed by atoms with Crippen LogP contribution in [-0.4, -0.2) is 9.78 Å². The number of aromatic nitrogens is 2. The average Bonchev–Trinajstić information content (AvgIpc) is 2.74. The van der Waals surface area contributed by atoms with E-state index in [1.807, 2.05) is 23.0 Å². The minimum atomic E-state index is 0.474. The second kappa shape index (κ2) is 6.01. The summed E-state index contributed by atoms with van der Waals surface area (Å²) in [4.78, 5) is 0. The van der Waals surface area contributed by atoms with Crippen LogP contribution in [0.4, 0.5) is 5.69 Å². The van der Waals surface area contributed by atoms with Gasteiger partial charge in [0, 0.05) is 11.8 Å². The molecule has 1 heterocycles. The van der Waals surface area contributed by atoms with Crippen molar-refractivity contribution in [1.29, 1.82) is 5.26 Å². The first-order valence-electron chi connectivity index (χ1n) is 7.63. The standard InChI is InChI=1S/C17H20N4/c18-11-13-7-9-14(10-8-13)17-16(19)12-21(20-17)15-5-3-1-2-4-6-15/h7-10,12,15H,1-6,19H2. The topological polar surface area (TPSA) is 67.6 Å². The highest BCUT2D eigenvalue weighted by Crippen LogP contribution is 2.31. The van der Waals surface area contributed by atoms with E-state index in [1.54, 1.807) is 12.1 Å². The molecule has 2 N–H and O–H groups in total. The van der Waals surface area contributed by atoms with Gasteiger partial charge >= 0.3 is 0 Å². The van der Waals surface area contributed by atoms with Crippen LogP contribution in [-0.2, 0) is 0 Å². The number of anilines is 1. The molecule has 3 rings (SSSR count). The van der Waals surface area contributed by atoms with Gasteiger partial charge in [0.05, 0.1) is 23.4 Å². The van der Waals surface area contributed by atoms with E-state index in [-0.39, 0.29) is 0 Å². The predicted molar refractivity (Wildman–Crippen MR) is 83.5 cm³/mol. The van der Waals surface area contributed by atoms with Gasteiger partial charge < -0.3 is 5.73 Å². The van der Waals surface area contributed by atoms with Gasteiger partial charge in [-0.15, -0.1) is 0 Å². The van der Waals surface area contributed by atoms with Crippen LogP contribution in [0.3, 0.4) is 0 Å². The fourth-order valence-corrected chi connectivity index (χ4v) is 3.04. The second-order valence-electron chi connectivity index (χ2n) is 5.75. The summed E-state index contributed by atoms with van der Waals surface area (Å²) in [7, 11) is 0. The number of nitrogen functional groups attached to an aromatic ring is 1. The molecule has 0 amide bonds. The third kappa shape index (κ3) is 2.92. The van der Waals surface area contributed by atoms with Crippen LogP contribution < -0.4 is 5.73 Å². The molecule has 1 saturated carbocycles. The molecular formula is C17H20N4. The van der Waals surface area contributed by atoms with Crippen molar-refractivity contribution in [3.05, 3.63) is 36.0 Å². The van der Waals surface area contributed by atoms with Gasteiger partial charge in [0.2, 0.25) is 0 Å². The zero-order valence-electron chi connectivity index (χ0n) is 12.1. The lowest BCUT2D eigenvalue weighted by atomic mass is 10.1. The molecule has 1 aromatic carbocycles. The molecule has 108 valence electrons. The Morgan fingerprint density at radius 1 is 1.10 bits per heavy atom. The van der Waals surface area contributed by atoms with Crippen molar-refractivity contribution in [1.82, 2.24) is 9.78 Å². The van der Waals surface area contributed by atoms with Gasteiger partial charge in [-0.05, 0) is 25.0 Å². The molecule has 0 radical (unpaired) electrons. The van der Waals surface area contributed by atoms with Crippen molar-refractivity contribution in [3.63, 3.8) is 0 Å². The zero-order chi connectivity index (χ0) is 14.7. The summed E-state index contributed by atoms with van der Waals surface area (Å²) in [5.74, 6) is 0. The fraction of sp³-hybridized carbons (Fsp3) is 0.412. The van der Waals surface area contributed by atoms with E-state index in [0.29, 0.717) is 17.3 Å². The Morgan fingerprint density at radius 2 is 1.76 bits per heavy atom. The Hall–Kier alpha value is -2.28. The highest BCUT2D eigenvalue weighted by molar-refractivity contribution is 5.72. The molecule has 0 saturated heterocycles. The molecule has 1 aliphatic carbocycles. The Kier molecular flexibility index (Phi) is 3.92. The average molecular weight is 280 g/mol. The van der Waals surface area contributed by atoms with Crippen LogP contribution in [0.25, 0.3) is 11.3 Å². The number of benzene rings is 1. The maximum absolute atomic E-state index is 8.86. The second-order valence-corrected chi connectivity index (χ2v) is 5.75. The molecule has 21 heavy (non-hydrogen) atoms. The summed E-state index contributed by atoms with van der Waals surface area (Å²) in [6.07, 6.45) is 9.55. The molecule has 0 bridgehead atoms. The van der Waals surface area contributed by atoms with Crippen molar-refractivity contribution < 1.29 is 0 Å². The Morgan fingerprint density at radius 3 is 2.38 bits per heavy atom. The van der Waals surface area contributed by atoms with Crippen molar-refractivity contribution in [2.24, 2.45) is 0 Å². The van der Waals surface area contributed by atoms with Crippen LogP contribution in [0.1, 0.15) is 50.1 Å². The van der Waals surface area contributed by atoms with Crippen LogP contribution in [0.5, 0.6) is 0 Å². The molecule has 0 aliphatic heterocycles. The number of hydrogen-bond donors (Lipinski definition) is 1. The van der Waals surface area contributed by atoms with Crippen LogP contribution in [0.2, 0.25) is 0 Å². The van der Waals surface area contributed by atoms with E-state index in [2.05, 4.69) is 6.07 Å². The summed E-state index contributed by atoms with van der Waals surface area (Å²) in [6.45, 7) is 0. The largest absolute Gasteiger partial charge is 0.396 e. The van der Waals surface area contributed by atoms with Gasteiger partial charge in [-0.2, -0.15) is 10.4 Å². The summed E-state index contributed by atoms with van der Waals surface area (Å²) >= 11 is 0. The molecule has 1 aliphatic rings. The summed E-state index contributed by atoms with van der Waals surface area (Å²) in [5, 5.41) is 13.6. The maximum Gasteiger partial charge on any atom is 0.115 e. The van der Waals surface area contributed by atoms with Crippen molar-refractivity contribution in [2.45, 2.75) is 44.6 Å². The Labute approximate surface area is 125 Å². The zero-order valence-corrected chi connectivity index (χ0v) is 12.1. The summed E-state index contributed by atoms with van der Waals surface area (Å²) in [6, 6.07) is 10.0. The highest BCUT2D eigenvalue weighted by atomic mass is 15.3. The highest BCUT2D eigenvalue weighted by Gasteiger charge is 2.17. The van der Waals surface area contributed by atoms with E-state index in [1.165, 1.54) is 38.5 Å². The predicted octanol–water partition coefficient (Wildman–Crippen LogP) is 3.90. The normalized spacial score (nSPS) is 16.3. The van der Waals surface area contributed by atoms with Crippen LogP contribution >= 0.6 is 0 Å². The van der Waals surface area contributed by atoms with Gasteiger partial charge in [-0.1, -0.05) is 37.8 Å². The lowest BCUT2D eigenvalue weighted by Crippen LogP contribution is -2.08. The molecule has 4 nitrogen and oxygen atoms in total. The lowest BCUT2D eigenvalue weighted by Gasteiger charge is -2.14. The van der Waals surface area contributed by atoms with E-state index in [0.717, 1.165) is 11.3 Å². The molecular weight excluding hydrogens is 260 g/mol.